The van der Waals surface area contributed by atoms with Crippen LogP contribution in [0.1, 0.15) is 11.1 Å². The summed E-state index contributed by atoms with van der Waals surface area (Å²) in [6.45, 7) is 0.268. The summed E-state index contributed by atoms with van der Waals surface area (Å²) in [7, 11) is 1.59. The van der Waals surface area contributed by atoms with E-state index in [1.807, 2.05) is 30.3 Å². The molecule has 0 atom stereocenters. The largest absolute Gasteiger partial charge is 0.497 e. The minimum atomic E-state index is -0.400. The third-order valence-corrected chi connectivity index (χ3v) is 4.69. The SMILES string of the molecule is COc1cccc(CC(=O)N2CCc3ccc(NC(=O)CNC(=O)CN)cc32)c1. The van der Waals surface area contributed by atoms with Crippen molar-refractivity contribution in [2.75, 3.05) is 37.0 Å². The molecule has 0 aromatic heterocycles. The van der Waals surface area contributed by atoms with Crippen LogP contribution >= 0.6 is 0 Å². The van der Waals surface area contributed by atoms with Gasteiger partial charge in [0.1, 0.15) is 5.75 Å². The second kappa shape index (κ2) is 9.20. The summed E-state index contributed by atoms with van der Waals surface area (Å²) in [5.74, 6) is -0.0676. The molecule has 8 nitrogen and oxygen atoms in total. The number of methoxy groups -OCH3 is 1. The van der Waals surface area contributed by atoms with Gasteiger partial charge in [0.15, 0.2) is 0 Å². The number of ether oxygens (including phenoxy) is 1. The minimum absolute atomic E-state index is 0.0179. The minimum Gasteiger partial charge on any atom is -0.497 e. The Balaban J connectivity index is 1.67. The Morgan fingerprint density at radius 1 is 1.14 bits per heavy atom. The molecule has 0 saturated carbocycles. The lowest BCUT2D eigenvalue weighted by Crippen LogP contribution is -2.36. The van der Waals surface area contributed by atoms with E-state index < -0.39 is 5.91 Å². The van der Waals surface area contributed by atoms with E-state index in [0.717, 1.165) is 23.2 Å². The van der Waals surface area contributed by atoms with Crippen LogP contribution < -0.4 is 26.0 Å². The molecule has 3 rings (SSSR count). The Kier molecular flexibility index (Phi) is 6.46. The van der Waals surface area contributed by atoms with Crippen LogP contribution in [0.15, 0.2) is 42.5 Å². The van der Waals surface area contributed by atoms with Gasteiger partial charge in [-0.25, -0.2) is 0 Å². The fraction of sp³-hybridized carbons (Fsp3) is 0.286. The number of carbonyl (C=O) groups is 3. The predicted octanol–water partition coefficient (Wildman–Crippen LogP) is 0.840. The number of nitrogens with zero attached hydrogens (tertiary/aromatic N) is 1. The summed E-state index contributed by atoms with van der Waals surface area (Å²) in [5.41, 5.74) is 8.49. The highest BCUT2D eigenvalue weighted by Crippen LogP contribution is 2.31. The summed E-state index contributed by atoms with van der Waals surface area (Å²) in [5, 5.41) is 5.14. The van der Waals surface area contributed by atoms with Crippen molar-refractivity contribution in [3.05, 3.63) is 53.6 Å². The lowest BCUT2D eigenvalue weighted by Gasteiger charge is -2.18. The zero-order chi connectivity index (χ0) is 20.8. The highest BCUT2D eigenvalue weighted by atomic mass is 16.5. The van der Waals surface area contributed by atoms with Crippen LogP contribution in [0, 0.1) is 0 Å². The maximum absolute atomic E-state index is 12.9. The molecular weight excluding hydrogens is 372 g/mol. The molecule has 2 aromatic carbocycles. The second-order valence-corrected chi connectivity index (χ2v) is 6.70. The number of anilines is 2. The number of carbonyl (C=O) groups excluding carboxylic acids is 3. The number of nitrogens with one attached hydrogen (secondary N) is 2. The van der Waals surface area contributed by atoms with E-state index in [0.29, 0.717) is 18.0 Å². The molecule has 1 aliphatic heterocycles. The van der Waals surface area contributed by atoms with Gasteiger partial charge in [0.25, 0.3) is 0 Å². The second-order valence-electron chi connectivity index (χ2n) is 6.70. The molecule has 29 heavy (non-hydrogen) atoms. The van der Waals surface area contributed by atoms with Crippen molar-refractivity contribution in [3.8, 4) is 5.75 Å². The molecule has 1 heterocycles. The average molecular weight is 396 g/mol. The van der Waals surface area contributed by atoms with Gasteiger partial charge in [-0.15, -0.1) is 0 Å². The molecule has 2 aromatic rings. The maximum Gasteiger partial charge on any atom is 0.243 e. The predicted molar refractivity (Wildman–Crippen MR) is 110 cm³/mol. The number of nitrogens with two attached hydrogens (primary N) is 1. The molecule has 1 aliphatic rings. The third-order valence-electron chi connectivity index (χ3n) is 4.69. The molecule has 4 N–H and O–H groups in total. The Hall–Kier alpha value is -3.39. The molecule has 0 radical (unpaired) electrons. The molecule has 0 saturated heterocycles. The molecule has 0 spiro atoms. The number of rotatable bonds is 7. The number of hydrogen-bond donors (Lipinski definition) is 3. The summed E-state index contributed by atoms with van der Waals surface area (Å²) in [4.78, 5) is 37.7. The summed E-state index contributed by atoms with van der Waals surface area (Å²) in [6, 6.07) is 12.9. The van der Waals surface area contributed by atoms with Crippen LogP contribution in [0.4, 0.5) is 11.4 Å². The lowest BCUT2D eigenvalue weighted by molar-refractivity contribution is -0.123. The first-order chi connectivity index (χ1) is 14.0. The standard InChI is InChI=1S/C21H24N4O4/c1-29-17-4-2-3-14(9-17)10-21(28)25-8-7-15-5-6-16(11-18(15)25)24-20(27)13-23-19(26)12-22/h2-6,9,11H,7-8,10,12-13,22H2,1H3,(H,23,26)(H,24,27). The van der Waals surface area contributed by atoms with Crippen molar-refractivity contribution in [3.63, 3.8) is 0 Å². The van der Waals surface area contributed by atoms with Crippen molar-refractivity contribution in [2.24, 2.45) is 5.73 Å². The van der Waals surface area contributed by atoms with E-state index in [1.54, 1.807) is 24.1 Å². The monoisotopic (exact) mass is 396 g/mol. The highest BCUT2D eigenvalue weighted by Gasteiger charge is 2.25. The first-order valence-electron chi connectivity index (χ1n) is 9.33. The Bertz CT molecular complexity index is 929. The maximum atomic E-state index is 12.9. The van der Waals surface area contributed by atoms with Crippen LogP contribution in [-0.2, 0) is 27.2 Å². The van der Waals surface area contributed by atoms with E-state index in [-0.39, 0.29) is 31.3 Å². The fourth-order valence-corrected chi connectivity index (χ4v) is 3.22. The van der Waals surface area contributed by atoms with Gasteiger partial charge in [0.2, 0.25) is 17.7 Å². The highest BCUT2D eigenvalue weighted by molar-refractivity contribution is 5.99. The molecule has 0 unspecified atom stereocenters. The fourth-order valence-electron chi connectivity index (χ4n) is 3.22. The van der Waals surface area contributed by atoms with Crippen LogP contribution in [0.25, 0.3) is 0 Å². The van der Waals surface area contributed by atoms with E-state index in [9.17, 15) is 14.4 Å². The van der Waals surface area contributed by atoms with E-state index in [1.165, 1.54) is 0 Å². The third kappa shape index (κ3) is 5.11. The molecule has 0 bridgehead atoms. The van der Waals surface area contributed by atoms with Crippen molar-refractivity contribution in [1.29, 1.82) is 0 Å². The normalized spacial score (nSPS) is 12.3. The molecule has 152 valence electrons. The van der Waals surface area contributed by atoms with E-state index in [2.05, 4.69) is 10.6 Å². The van der Waals surface area contributed by atoms with Gasteiger partial charge in [-0.2, -0.15) is 0 Å². The summed E-state index contributed by atoms with van der Waals surface area (Å²) < 4.78 is 5.21. The zero-order valence-electron chi connectivity index (χ0n) is 16.2. The molecule has 0 aliphatic carbocycles. The number of amides is 3. The topological polar surface area (TPSA) is 114 Å². The first kappa shape index (κ1) is 20.3. The van der Waals surface area contributed by atoms with Gasteiger partial charge in [0, 0.05) is 17.9 Å². The zero-order valence-corrected chi connectivity index (χ0v) is 16.2. The van der Waals surface area contributed by atoms with Crippen molar-refractivity contribution >= 4 is 29.1 Å². The van der Waals surface area contributed by atoms with Crippen molar-refractivity contribution in [1.82, 2.24) is 5.32 Å². The first-order valence-corrected chi connectivity index (χ1v) is 9.33. The van der Waals surface area contributed by atoms with Gasteiger partial charge in [-0.3, -0.25) is 14.4 Å². The molecule has 3 amide bonds. The lowest BCUT2D eigenvalue weighted by atomic mass is 10.1. The molecule has 8 heteroatoms. The van der Waals surface area contributed by atoms with Crippen LogP contribution in [0.2, 0.25) is 0 Å². The van der Waals surface area contributed by atoms with Gasteiger partial charge in [-0.05, 0) is 41.8 Å². The Morgan fingerprint density at radius 3 is 2.72 bits per heavy atom. The van der Waals surface area contributed by atoms with Crippen molar-refractivity contribution in [2.45, 2.75) is 12.8 Å². The van der Waals surface area contributed by atoms with Crippen molar-refractivity contribution < 1.29 is 19.1 Å². The number of benzene rings is 2. The quantitative estimate of drug-likeness (QED) is 0.642. The Morgan fingerprint density at radius 2 is 1.97 bits per heavy atom. The van der Waals surface area contributed by atoms with Gasteiger partial charge < -0.3 is 26.0 Å². The van der Waals surface area contributed by atoms with Crippen LogP contribution in [0.5, 0.6) is 5.75 Å². The van der Waals surface area contributed by atoms with Crippen LogP contribution in [0.3, 0.4) is 0 Å². The summed E-state index contributed by atoms with van der Waals surface area (Å²) >= 11 is 0. The van der Waals surface area contributed by atoms with Gasteiger partial charge in [-0.1, -0.05) is 18.2 Å². The average Bonchev–Trinajstić information content (AvgIpc) is 3.15. The molecule has 0 fully saturated rings. The Labute approximate surface area is 169 Å². The number of fused-ring (bicyclic) bond motifs is 1. The smallest absolute Gasteiger partial charge is 0.243 e. The van der Waals surface area contributed by atoms with Gasteiger partial charge in [0.05, 0.1) is 26.6 Å². The van der Waals surface area contributed by atoms with Crippen LogP contribution in [-0.4, -0.2) is 44.5 Å². The summed E-state index contributed by atoms with van der Waals surface area (Å²) in [6.07, 6.45) is 1.03. The van der Waals surface area contributed by atoms with E-state index in [4.69, 9.17) is 10.5 Å². The van der Waals surface area contributed by atoms with E-state index >= 15 is 0 Å². The van der Waals surface area contributed by atoms with Gasteiger partial charge >= 0.3 is 0 Å². The molecular formula is C21H24N4O4. The number of hydrogen-bond acceptors (Lipinski definition) is 5.